The van der Waals surface area contributed by atoms with Gasteiger partial charge in [-0.25, -0.2) is 0 Å². The number of aliphatic carboxylic acids is 1. The molecule has 5 nitrogen and oxygen atoms in total. The van der Waals surface area contributed by atoms with Crippen molar-refractivity contribution in [2.24, 2.45) is 0 Å². The first kappa shape index (κ1) is 15.3. The van der Waals surface area contributed by atoms with Gasteiger partial charge in [-0.1, -0.05) is 24.3 Å². The van der Waals surface area contributed by atoms with Crippen molar-refractivity contribution in [3.05, 3.63) is 58.4 Å². The van der Waals surface area contributed by atoms with Gasteiger partial charge in [-0.2, -0.15) is 0 Å². The molecule has 0 radical (unpaired) electrons. The minimum Gasteiger partial charge on any atom is -0.548 e. The van der Waals surface area contributed by atoms with Gasteiger partial charge in [-0.3, -0.25) is 4.79 Å². The molecular weight excluding hydrogens is 312 g/mol. The average molecular weight is 327 g/mol. The number of carboxylic acids is 1. The summed E-state index contributed by atoms with van der Waals surface area (Å²) in [6.45, 7) is 0. The van der Waals surface area contributed by atoms with Gasteiger partial charge in [0.05, 0.1) is 18.4 Å². The zero-order valence-corrected chi connectivity index (χ0v) is 13.1. The summed E-state index contributed by atoms with van der Waals surface area (Å²) in [6, 6.07) is 10.3. The summed E-state index contributed by atoms with van der Waals surface area (Å²) in [4.78, 5) is 27.4. The van der Waals surface area contributed by atoms with Crippen LogP contribution in [0.3, 0.4) is 0 Å². The van der Waals surface area contributed by atoms with Crippen LogP contribution in [0.25, 0.3) is 10.9 Å². The highest BCUT2D eigenvalue weighted by molar-refractivity contribution is 7.10. The number of carboxylic acid groups (broad SMARTS) is 1. The molecule has 0 aliphatic carbocycles. The fourth-order valence-corrected chi connectivity index (χ4v) is 3.23. The van der Waals surface area contributed by atoms with E-state index in [-0.39, 0.29) is 18.7 Å². The van der Waals surface area contributed by atoms with Crippen LogP contribution in [0.2, 0.25) is 0 Å². The predicted octanol–water partition coefficient (Wildman–Crippen LogP) is 1.25. The van der Waals surface area contributed by atoms with Crippen LogP contribution in [0, 0.1) is 0 Å². The first-order chi connectivity index (χ1) is 11.1. The summed E-state index contributed by atoms with van der Waals surface area (Å²) in [6.07, 6.45) is 2.13. The number of thiophene rings is 1. The van der Waals surface area contributed by atoms with E-state index in [9.17, 15) is 14.7 Å². The lowest BCUT2D eigenvalue weighted by molar-refractivity contribution is -0.308. The Morgan fingerprint density at radius 3 is 2.78 bits per heavy atom. The number of aromatic amines is 1. The molecule has 0 aliphatic heterocycles. The average Bonchev–Trinajstić information content (AvgIpc) is 3.16. The third-order valence-electron chi connectivity index (χ3n) is 3.63. The molecule has 0 fully saturated rings. The number of fused-ring (bicyclic) bond motifs is 1. The Kier molecular flexibility index (Phi) is 4.43. The van der Waals surface area contributed by atoms with E-state index in [0.717, 1.165) is 21.3 Å². The van der Waals surface area contributed by atoms with Crippen LogP contribution >= 0.6 is 11.3 Å². The van der Waals surface area contributed by atoms with Crippen LogP contribution < -0.4 is 10.4 Å². The Hall–Kier alpha value is -2.60. The smallest absolute Gasteiger partial charge is 0.225 e. The second kappa shape index (κ2) is 6.66. The molecule has 0 bridgehead atoms. The van der Waals surface area contributed by atoms with Gasteiger partial charge >= 0.3 is 0 Å². The fourth-order valence-electron chi connectivity index (χ4n) is 2.53. The van der Waals surface area contributed by atoms with Crippen molar-refractivity contribution in [2.45, 2.75) is 18.9 Å². The zero-order valence-electron chi connectivity index (χ0n) is 12.2. The van der Waals surface area contributed by atoms with Crippen molar-refractivity contribution in [1.82, 2.24) is 10.3 Å². The molecular formula is C17H15N2O3S-. The molecule has 0 unspecified atom stereocenters. The molecule has 6 heteroatoms. The van der Waals surface area contributed by atoms with Gasteiger partial charge in [0.1, 0.15) is 0 Å². The molecule has 1 amide bonds. The molecule has 2 heterocycles. The van der Waals surface area contributed by atoms with Crippen LogP contribution in [0.4, 0.5) is 0 Å². The normalized spacial score (nSPS) is 12.2. The summed E-state index contributed by atoms with van der Waals surface area (Å²) in [5.41, 5.74) is 1.77. The lowest BCUT2D eigenvalue weighted by atomic mass is 10.0. The van der Waals surface area contributed by atoms with Gasteiger partial charge in [0.25, 0.3) is 0 Å². The number of carbonyl (C=O) groups excluding carboxylic acids is 2. The molecule has 0 aliphatic rings. The number of carbonyl (C=O) groups is 2. The van der Waals surface area contributed by atoms with Crippen molar-refractivity contribution < 1.29 is 14.7 Å². The van der Waals surface area contributed by atoms with Gasteiger partial charge in [0.15, 0.2) is 0 Å². The lowest BCUT2D eigenvalue weighted by Crippen LogP contribution is -2.49. The van der Waals surface area contributed by atoms with E-state index in [1.165, 1.54) is 11.3 Å². The maximum absolute atomic E-state index is 12.0. The molecule has 2 aromatic heterocycles. The van der Waals surface area contributed by atoms with Crippen LogP contribution in [0.5, 0.6) is 0 Å². The Morgan fingerprint density at radius 2 is 2.04 bits per heavy atom. The van der Waals surface area contributed by atoms with Gasteiger partial charge in [0.2, 0.25) is 5.91 Å². The number of benzene rings is 1. The number of para-hydroxylation sites is 1. The molecule has 0 saturated heterocycles. The second-order valence-corrected chi connectivity index (χ2v) is 6.29. The number of rotatable bonds is 6. The Balaban J connectivity index is 1.71. The number of aromatic nitrogens is 1. The van der Waals surface area contributed by atoms with Crippen molar-refractivity contribution in [3.8, 4) is 0 Å². The molecule has 118 valence electrons. The van der Waals surface area contributed by atoms with E-state index in [0.29, 0.717) is 0 Å². The molecule has 0 spiro atoms. The zero-order chi connectivity index (χ0) is 16.2. The molecule has 1 aromatic carbocycles. The quantitative estimate of drug-likeness (QED) is 0.714. The van der Waals surface area contributed by atoms with Crippen LogP contribution in [-0.4, -0.2) is 22.9 Å². The Labute approximate surface area is 137 Å². The highest BCUT2D eigenvalue weighted by Crippen LogP contribution is 2.19. The van der Waals surface area contributed by atoms with E-state index in [2.05, 4.69) is 10.3 Å². The SMILES string of the molecule is O=C(Cc1cccs1)N[C@@H](Cc1c[nH]c2ccccc12)C(=O)[O-]. The number of hydrogen-bond donors (Lipinski definition) is 2. The molecule has 23 heavy (non-hydrogen) atoms. The van der Waals surface area contributed by atoms with Gasteiger partial charge < -0.3 is 20.2 Å². The number of amides is 1. The minimum absolute atomic E-state index is 0.176. The monoisotopic (exact) mass is 327 g/mol. The number of H-pyrrole nitrogens is 1. The summed E-state index contributed by atoms with van der Waals surface area (Å²) in [5.74, 6) is -1.60. The molecule has 2 N–H and O–H groups in total. The third kappa shape index (κ3) is 3.60. The maximum atomic E-state index is 12.0. The molecule has 1 atom stereocenters. The van der Waals surface area contributed by atoms with E-state index in [1.807, 2.05) is 41.8 Å². The van der Waals surface area contributed by atoms with Crippen molar-refractivity contribution in [3.63, 3.8) is 0 Å². The first-order valence-corrected chi connectivity index (χ1v) is 8.09. The second-order valence-electron chi connectivity index (χ2n) is 5.26. The summed E-state index contributed by atoms with van der Waals surface area (Å²) < 4.78 is 0. The van der Waals surface area contributed by atoms with Crippen molar-refractivity contribution in [1.29, 1.82) is 0 Å². The third-order valence-corrected chi connectivity index (χ3v) is 4.51. The Bertz CT molecular complexity index is 823. The van der Waals surface area contributed by atoms with Gasteiger partial charge in [-0.05, 0) is 23.1 Å². The molecule has 3 aromatic rings. The summed E-state index contributed by atoms with van der Waals surface area (Å²) >= 11 is 1.47. The minimum atomic E-state index is -1.28. The fraction of sp³-hybridized carbons (Fsp3) is 0.176. The molecule has 0 saturated carbocycles. The van der Waals surface area contributed by atoms with E-state index >= 15 is 0 Å². The molecule has 3 rings (SSSR count). The largest absolute Gasteiger partial charge is 0.548 e. The summed E-state index contributed by atoms with van der Waals surface area (Å²) in [7, 11) is 0. The van der Waals surface area contributed by atoms with Gasteiger partial charge in [-0.15, -0.1) is 11.3 Å². The summed E-state index contributed by atoms with van der Waals surface area (Å²) in [5, 5.41) is 16.7. The van der Waals surface area contributed by atoms with Crippen molar-refractivity contribution >= 4 is 34.1 Å². The van der Waals surface area contributed by atoms with Gasteiger partial charge in [0, 0.05) is 28.4 Å². The highest BCUT2D eigenvalue weighted by atomic mass is 32.1. The van der Waals surface area contributed by atoms with E-state index in [1.54, 1.807) is 6.20 Å². The van der Waals surface area contributed by atoms with Crippen LogP contribution in [-0.2, 0) is 22.4 Å². The van der Waals surface area contributed by atoms with E-state index in [4.69, 9.17) is 0 Å². The standard InChI is InChI=1S/C17H16N2O3S/c20-16(9-12-4-3-7-23-12)19-15(17(21)22)8-11-10-18-14-6-2-1-5-13(11)14/h1-7,10,15,18H,8-9H2,(H,19,20)(H,21,22)/p-1/t15-/m0/s1. The van der Waals surface area contributed by atoms with Crippen LogP contribution in [0.1, 0.15) is 10.4 Å². The maximum Gasteiger partial charge on any atom is 0.225 e. The lowest BCUT2D eigenvalue weighted by Gasteiger charge is -2.19. The Morgan fingerprint density at radius 1 is 1.22 bits per heavy atom. The highest BCUT2D eigenvalue weighted by Gasteiger charge is 2.16. The first-order valence-electron chi connectivity index (χ1n) is 7.21. The number of nitrogens with one attached hydrogen (secondary N) is 2. The van der Waals surface area contributed by atoms with E-state index < -0.39 is 12.0 Å². The number of hydrogen-bond acceptors (Lipinski definition) is 4. The predicted molar refractivity (Wildman–Crippen MR) is 87.0 cm³/mol. The van der Waals surface area contributed by atoms with Crippen molar-refractivity contribution in [2.75, 3.05) is 0 Å². The van der Waals surface area contributed by atoms with Crippen LogP contribution in [0.15, 0.2) is 48.0 Å². The topological polar surface area (TPSA) is 85.0 Å².